The van der Waals surface area contributed by atoms with Crippen LogP contribution >= 0.6 is 0 Å². The Morgan fingerprint density at radius 3 is 1.59 bits per heavy atom. The Hall–Kier alpha value is -0.980. The molecule has 0 fully saturated rings. The molecule has 0 aliphatic carbocycles. The van der Waals surface area contributed by atoms with Crippen molar-refractivity contribution in [3.05, 3.63) is 28.3 Å². The topological polar surface area (TPSA) is 20.2 Å². The van der Waals surface area contributed by atoms with Gasteiger partial charge in [0.2, 0.25) is 0 Å². The minimum atomic E-state index is 0.0518. The second-order valence-electron chi connectivity index (χ2n) is 7.09. The van der Waals surface area contributed by atoms with Crippen molar-refractivity contribution in [2.45, 2.75) is 66.2 Å². The van der Waals surface area contributed by atoms with Crippen LogP contribution in [-0.4, -0.2) is 5.11 Å². The van der Waals surface area contributed by atoms with E-state index in [1.165, 1.54) is 16.7 Å². The minimum Gasteiger partial charge on any atom is -0.508 e. The summed E-state index contributed by atoms with van der Waals surface area (Å²) in [5.74, 6) is 0.417. The number of aryl methyl sites for hydroxylation is 1. The maximum atomic E-state index is 10.0. The zero-order chi connectivity index (χ0) is 13.6. The van der Waals surface area contributed by atoms with Crippen LogP contribution in [0.2, 0.25) is 0 Å². The van der Waals surface area contributed by atoms with Crippen molar-refractivity contribution in [1.82, 2.24) is 0 Å². The van der Waals surface area contributed by atoms with Crippen molar-refractivity contribution in [1.29, 1.82) is 0 Å². The molecular weight excluding hydrogens is 208 g/mol. The van der Waals surface area contributed by atoms with E-state index in [2.05, 4.69) is 48.5 Å². The van der Waals surface area contributed by atoms with Gasteiger partial charge in [0.1, 0.15) is 5.75 Å². The monoisotopic (exact) mass is 234 g/mol. The molecule has 1 rings (SSSR count). The first-order valence-corrected chi connectivity index (χ1v) is 6.30. The Bertz CT molecular complexity index is 428. The Balaban J connectivity index is 3.76. The van der Waals surface area contributed by atoms with Gasteiger partial charge in [-0.2, -0.15) is 0 Å². The molecule has 0 radical (unpaired) electrons. The molecule has 0 heterocycles. The first-order valence-electron chi connectivity index (χ1n) is 6.30. The number of aromatic hydroxyl groups is 1. The van der Waals surface area contributed by atoms with Crippen LogP contribution in [0.4, 0.5) is 0 Å². The summed E-state index contributed by atoms with van der Waals surface area (Å²) in [6.07, 6.45) is 0. The van der Waals surface area contributed by atoms with Gasteiger partial charge in [0.15, 0.2) is 0 Å². The smallest absolute Gasteiger partial charge is 0.119 e. The predicted molar refractivity (Wildman–Crippen MR) is 75.0 cm³/mol. The van der Waals surface area contributed by atoms with E-state index in [1.807, 2.05) is 13.0 Å². The molecule has 1 aromatic rings. The van der Waals surface area contributed by atoms with Gasteiger partial charge in [0.05, 0.1) is 0 Å². The molecule has 1 N–H and O–H groups in total. The summed E-state index contributed by atoms with van der Waals surface area (Å²) in [7, 11) is 0. The minimum absolute atomic E-state index is 0.0518. The zero-order valence-corrected chi connectivity index (χ0v) is 12.5. The maximum absolute atomic E-state index is 10.0. The number of phenols is 1. The van der Waals surface area contributed by atoms with Gasteiger partial charge < -0.3 is 5.11 Å². The SMILES string of the molecule is Cc1cc(O)c(C)c(C(C)(C)C)c1C(C)(C)C. The second-order valence-corrected chi connectivity index (χ2v) is 7.09. The molecule has 1 heteroatoms. The van der Waals surface area contributed by atoms with E-state index in [9.17, 15) is 5.11 Å². The van der Waals surface area contributed by atoms with Crippen LogP contribution in [-0.2, 0) is 10.8 Å². The van der Waals surface area contributed by atoms with Crippen LogP contribution in [0.5, 0.6) is 5.75 Å². The molecule has 0 saturated heterocycles. The zero-order valence-electron chi connectivity index (χ0n) is 12.5. The molecule has 1 aromatic carbocycles. The molecule has 1 nitrogen and oxygen atoms in total. The number of hydrogen-bond donors (Lipinski definition) is 1. The van der Waals surface area contributed by atoms with Gasteiger partial charge in [-0.15, -0.1) is 0 Å². The predicted octanol–water partition coefficient (Wildman–Crippen LogP) is 4.60. The van der Waals surface area contributed by atoms with Crippen LogP contribution in [0.1, 0.15) is 63.8 Å². The molecule has 0 amide bonds. The average molecular weight is 234 g/mol. The van der Waals surface area contributed by atoms with Crippen LogP contribution in [0.15, 0.2) is 6.07 Å². The molecule has 0 unspecified atom stereocenters. The first kappa shape index (κ1) is 14.1. The fourth-order valence-electron chi connectivity index (χ4n) is 2.80. The average Bonchev–Trinajstić information content (AvgIpc) is 2.06. The van der Waals surface area contributed by atoms with Crippen LogP contribution in [0.25, 0.3) is 0 Å². The van der Waals surface area contributed by atoms with Gasteiger partial charge in [-0.3, -0.25) is 0 Å². The third-order valence-electron chi connectivity index (χ3n) is 3.26. The van der Waals surface area contributed by atoms with Gasteiger partial charge in [-0.1, -0.05) is 41.5 Å². The normalized spacial score (nSPS) is 12.9. The van der Waals surface area contributed by atoms with Gasteiger partial charge in [-0.05, 0) is 53.0 Å². The summed E-state index contributed by atoms with van der Waals surface area (Å²) < 4.78 is 0. The largest absolute Gasteiger partial charge is 0.508 e. The highest BCUT2D eigenvalue weighted by Crippen LogP contribution is 2.41. The number of benzene rings is 1. The van der Waals surface area contributed by atoms with Crippen molar-refractivity contribution >= 4 is 0 Å². The first-order chi connectivity index (χ1) is 7.46. The molecule has 0 aliphatic heterocycles. The highest BCUT2D eigenvalue weighted by molar-refractivity contribution is 5.53. The Labute approximate surface area is 106 Å². The fourth-order valence-corrected chi connectivity index (χ4v) is 2.80. The number of rotatable bonds is 0. The molecule has 0 atom stereocenters. The van der Waals surface area contributed by atoms with E-state index in [0.717, 1.165) is 5.56 Å². The van der Waals surface area contributed by atoms with E-state index < -0.39 is 0 Å². The van der Waals surface area contributed by atoms with Gasteiger partial charge in [-0.25, -0.2) is 0 Å². The highest BCUT2D eigenvalue weighted by atomic mass is 16.3. The lowest BCUT2D eigenvalue weighted by atomic mass is 9.71. The van der Waals surface area contributed by atoms with Crippen molar-refractivity contribution in [3.8, 4) is 5.75 Å². The van der Waals surface area contributed by atoms with E-state index in [4.69, 9.17) is 0 Å². The summed E-state index contributed by atoms with van der Waals surface area (Å²) in [6, 6.07) is 1.89. The summed E-state index contributed by atoms with van der Waals surface area (Å²) >= 11 is 0. The lowest BCUT2D eigenvalue weighted by Gasteiger charge is -2.33. The summed E-state index contributed by atoms with van der Waals surface area (Å²) in [5.41, 5.74) is 5.03. The lowest BCUT2D eigenvalue weighted by Crippen LogP contribution is -2.24. The maximum Gasteiger partial charge on any atom is 0.119 e. The highest BCUT2D eigenvalue weighted by Gasteiger charge is 2.29. The second kappa shape index (κ2) is 4.04. The Kier molecular flexibility index (Phi) is 3.35. The van der Waals surface area contributed by atoms with E-state index in [-0.39, 0.29) is 10.8 Å². The standard InChI is InChI=1S/C16H26O/c1-10-9-12(17)11(2)14(16(6,7)8)13(10)15(3,4)5/h9,17H,1-8H3. The van der Waals surface area contributed by atoms with E-state index in [0.29, 0.717) is 5.75 Å². The molecule has 0 aliphatic rings. The van der Waals surface area contributed by atoms with Crippen molar-refractivity contribution in [3.63, 3.8) is 0 Å². The molecule has 96 valence electrons. The number of hydrogen-bond acceptors (Lipinski definition) is 1. The van der Waals surface area contributed by atoms with Crippen LogP contribution in [0, 0.1) is 13.8 Å². The summed E-state index contributed by atoms with van der Waals surface area (Å²) in [5, 5.41) is 10.0. The van der Waals surface area contributed by atoms with E-state index >= 15 is 0 Å². The van der Waals surface area contributed by atoms with Crippen molar-refractivity contribution in [2.24, 2.45) is 0 Å². The van der Waals surface area contributed by atoms with Crippen LogP contribution in [0.3, 0.4) is 0 Å². The third kappa shape index (κ3) is 2.65. The quantitative estimate of drug-likeness (QED) is 0.695. The van der Waals surface area contributed by atoms with E-state index in [1.54, 1.807) is 0 Å². The Morgan fingerprint density at radius 1 is 0.824 bits per heavy atom. The third-order valence-corrected chi connectivity index (χ3v) is 3.26. The number of phenolic OH excluding ortho intramolecular Hbond substituents is 1. The lowest BCUT2D eigenvalue weighted by molar-refractivity contribution is 0.459. The summed E-state index contributed by atoms with van der Waals surface area (Å²) in [4.78, 5) is 0. The van der Waals surface area contributed by atoms with Gasteiger partial charge in [0, 0.05) is 0 Å². The summed E-state index contributed by atoms with van der Waals surface area (Å²) in [6.45, 7) is 17.5. The molecule has 0 spiro atoms. The van der Waals surface area contributed by atoms with Crippen LogP contribution < -0.4 is 0 Å². The molecule has 17 heavy (non-hydrogen) atoms. The van der Waals surface area contributed by atoms with Gasteiger partial charge in [0.25, 0.3) is 0 Å². The molecule has 0 aromatic heterocycles. The molecule has 0 bridgehead atoms. The fraction of sp³-hybridized carbons (Fsp3) is 0.625. The Morgan fingerprint density at radius 2 is 1.24 bits per heavy atom. The van der Waals surface area contributed by atoms with Crippen molar-refractivity contribution < 1.29 is 5.11 Å². The molecular formula is C16H26O. The molecule has 0 saturated carbocycles. The van der Waals surface area contributed by atoms with Gasteiger partial charge >= 0.3 is 0 Å². The van der Waals surface area contributed by atoms with Crippen molar-refractivity contribution in [2.75, 3.05) is 0 Å².